The first-order valence-corrected chi connectivity index (χ1v) is 13.5. The molecule has 1 aromatic heterocycles. The molecule has 4 rings (SSSR count). The number of nitrogens with two attached hydrogens (primary N) is 3. The summed E-state index contributed by atoms with van der Waals surface area (Å²) in [7, 11) is 0. The summed E-state index contributed by atoms with van der Waals surface area (Å²) in [5.41, 5.74) is 20.0. The first-order valence-electron chi connectivity index (χ1n) is 13.1. The van der Waals surface area contributed by atoms with Crippen LogP contribution in [0.25, 0.3) is 22.2 Å². The molecule has 12 heteroatoms. The van der Waals surface area contributed by atoms with E-state index < -0.39 is 0 Å². The third-order valence-corrected chi connectivity index (χ3v) is 6.55. The molecule has 0 aliphatic carbocycles. The van der Waals surface area contributed by atoms with E-state index in [1.165, 1.54) is 5.69 Å². The van der Waals surface area contributed by atoms with E-state index in [2.05, 4.69) is 49.0 Å². The number of aliphatic imine (C=N–C) groups is 1. The Morgan fingerprint density at radius 1 is 0.846 bits per heavy atom. The zero-order valence-electron chi connectivity index (χ0n) is 22.1. The monoisotopic (exact) mass is 556 g/mol. The maximum Gasteiger partial charge on any atom is 0.253 e. The molecule has 2 aromatic carbocycles. The molecular weight excluding hydrogens is 520 g/mol. The van der Waals surface area contributed by atoms with Crippen molar-refractivity contribution in [3.05, 3.63) is 47.5 Å². The standard InChI is InChI=1S/C27H37ClN8O3/c28-21-3-6-24-23(19-21)25(33-27(32-24)34-26(30)31)20-1-4-22(5-2-20)36-10-8-35(9-11-36)12-14-38-16-18-39-17-15-37-13-7-29/h1-6,19H,7-18,29H2,(H4,30,31,32,33,34). The molecule has 0 amide bonds. The lowest BCUT2D eigenvalue weighted by molar-refractivity contribution is 0.0116. The Morgan fingerprint density at radius 3 is 2.18 bits per heavy atom. The van der Waals surface area contributed by atoms with Crippen molar-refractivity contribution in [2.24, 2.45) is 22.2 Å². The Morgan fingerprint density at radius 2 is 1.51 bits per heavy atom. The number of guanidine groups is 1. The van der Waals surface area contributed by atoms with Gasteiger partial charge in [0.25, 0.3) is 5.95 Å². The van der Waals surface area contributed by atoms with Gasteiger partial charge < -0.3 is 36.3 Å². The molecule has 1 aliphatic heterocycles. The Hall–Kier alpha value is -3.06. The first-order chi connectivity index (χ1) is 19.0. The van der Waals surface area contributed by atoms with Crippen LogP contribution in [0.1, 0.15) is 0 Å². The van der Waals surface area contributed by atoms with Crippen molar-refractivity contribution < 1.29 is 14.2 Å². The molecule has 6 N–H and O–H groups in total. The zero-order chi connectivity index (χ0) is 27.5. The Bertz CT molecular complexity index is 1220. The van der Waals surface area contributed by atoms with Gasteiger partial charge in [-0.25, -0.2) is 9.97 Å². The van der Waals surface area contributed by atoms with E-state index in [-0.39, 0.29) is 11.9 Å². The highest BCUT2D eigenvalue weighted by Gasteiger charge is 2.18. The van der Waals surface area contributed by atoms with Crippen LogP contribution in [0.2, 0.25) is 5.02 Å². The molecule has 1 aliphatic rings. The molecule has 0 saturated carbocycles. The van der Waals surface area contributed by atoms with Crippen molar-refractivity contribution in [1.82, 2.24) is 14.9 Å². The molecule has 0 spiro atoms. The normalized spacial score (nSPS) is 14.2. The lowest BCUT2D eigenvalue weighted by atomic mass is 10.1. The molecule has 11 nitrogen and oxygen atoms in total. The van der Waals surface area contributed by atoms with Crippen LogP contribution in [-0.2, 0) is 14.2 Å². The van der Waals surface area contributed by atoms with Gasteiger partial charge in [0.05, 0.1) is 50.9 Å². The van der Waals surface area contributed by atoms with E-state index in [1.807, 2.05) is 12.1 Å². The Kier molecular flexibility index (Phi) is 11.1. The average Bonchev–Trinajstić information content (AvgIpc) is 2.94. The summed E-state index contributed by atoms with van der Waals surface area (Å²) in [6.07, 6.45) is 0. The van der Waals surface area contributed by atoms with Crippen LogP contribution in [-0.4, -0.2) is 99.7 Å². The predicted molar refractivity (Wildman–Crippen MR) is 156 cm³/mol. The van der Waals surface area contributed by atoms with Crippen LogP contribution >= 0.6 is 11.6 Å². The second-order valence-corrected chi connectivity index (χ2v) is 9.51. The summed E-state index contributed by atoms with van der Waals surface area (Å²) < 4.78 is 16.5. The van der Waals surface area contributed by atoms with Crippen LogP contribution in [0.3, 0.4) is 0 Å². The lowest BCUT2D eigenvalue weighted by Crippen LogP contribution is -2.47. The average molecular weight is 557 g/mol. The second kappa shape index (κ2) is 14.9. The van der Waals surface area contributed by atoms with Gasteiger partial charge in [0, 0.05) is 60.9 Å². The highest BCUT2D eigenvalue weighted by atomic mass is 35.5. The van der Waals surface area contributed by atoms with Crippen molar-refractivity contribution >= 4 is 40.1 Å². The molecule has 0 atom stereocenters. The first kappa shape index (κ1) is 28.9. The fraction of sp³-hybridized carbons (Fsp3) is 0.444. The molecule has 2 heterocycles. The van der Waals surface area contributed by atoms with Gasteiger partial charge in [-0.05, 0) is 30.3 Å². The largest absolute Gasteiger partial charge is 0.378 e. The fourth-order valence-electron chi connectivity index (χ4n) is 4.35. The lowest BCUT2D eigenvalue weighted by Gasteiger charge is -2.36. The number of fused-ring (bicyclic) bond motifs is 1. The molecule has 1 saturated heterocycles. The van der Waals surface area contributed by atoms with Gasteiger partial charge in [-0.15, -0.1) is 0 Å². The summed E-state index contributed by atoms with van der Waals surface area (Å²) in [5, 5.41) is 1.45. The van der Waals surface area contributed by atoms with Gasteiger partial charge in [-0.1, -0.05) is 23.7 Å². The minimum Gasteiger partial charge on any atom is -0.378 e. The van der Waals surface area contributed by atoms with Crippen LogP contribution in [0.4, 0.5) is 11.6 Å². The van der Waals surface area contributed by atoms with Gasteiger partial charge >= 0.3 is 0 Å². The number of ether oxygens (including phenoxy) is 3. The van der Waals surface area contributed by atoms with E-state index in [1.54, 1.807) is 6.07 Å². The quantitative estimate of drug-likeness (QED) is 0.153. The van der Waals surface area contributed by atoms with E-state index in [4.69, 9.17) is 43.0 Å². The summed E-state index contributed by atoms with van der Waals surface area (Å²) in [6.45, 7) is 8.86. The summed E-state index contributed by atoms with van der Waals surface area (Å²) in [4.78, 5) is 17.9. The molecule has 39 heavy (non-hydrogen) atoms. The van der Waals surface area contributed by atoms with E-state index in [9.17, 15) is 0 Å². The van der Waals surface area contributed by atoms with Gasteiger partial charge in [-0.2, -0.15) is 4.99 Å². The molecule has 0 unspecified atom stereocenters. The fourth-order valence-corrected chi connectivity index (χ4v) is 4.52. The summed E-state index contributed by atoms with van der Waals surface area (Å²) in [6, 6.07) is 13.8. The summed E-state index contributed by atoms with van der Waals surface area (Å²) in [5.74, 6) is 0.119. The number of hydrogen-bond donors (Lipinski definition) is 3. The zero-order valence-corrected chi connectivity index (χ0v) is 22.9. The Balaban J connectivity index is 1.26. The minimum atomic E-state index is -0.0930. The number of halogens is 1. The predicted octanol–water partition coefficient (Wildman–Crippen LogP) is 1.99. The number of piperazine rings is 1. The van der Waals surface area contributed by atoms with Gasteiger partial charge in [0.15, 0.2) is 5.96 Å². The maximum absolute atomic E-state index is 6.27. The molecule has 0 radical (unpaired) electrons. The van der Waals surface area contributed by atoms with E-state index >= 15 is 0 Å². The number of hydrogen-bond acceptors (Lipinski definition) is 9. The van der Waals surface area contributed by atoms with Gasteiger partial charge in [0.1, 0.15) is 0 Å². The van der Waals surface area contributed by atoms with Crippen LogP contribution < -0.4 is 22.1 Å². The van der Waals surface area contributed by atoms with Crippen molar-refractivity contribution in [1.29, 1.82) is 0 Å². The Labute approximate surface area is 233 Å². The second-order valence-electron chi connectivity index (χ2n) is 9.07. The molecular formula is C27H37ClN8O3. The van der Waals surface area contributed by atoms with Gasteiger partial charge in [-0.3, -0.25) is 4.90 Å². The highest BCUT2D eigenvalue weighted by Crippen LogP contribution is 2.31. The minimum absolute atomic E-state index is 0.0930. The highest BCUT2D eigenvalue weighted by molar-refractivity contribution is 6.31. The van der Waals surface area contributed by atoms with Crippen LogP contribution in [0.5, 0.6) is 0 Å². The van der Waals surface area contributed by atoms with Crippen LogP contribution in [0, 0.1) is 0 Å². The molecule has 210 valence electrons. The van der Waals surface area contributed by atoms with Crippen molar-refractivity contribution in [2.75, 3.05) is 83.8 Å². The van der Waals surface area contributed by atoms with E-state index in [0.717, 1.165) is 49.4 Å². The van der Waals surface area contributed by atoms with Crippen LogP contribution in [0.15, 0.2) is 47.5 Å². The number of nitrogens with zero attached hydrogens (tertiary/aromatic N) is 5. The third-order valence-electron chi connectivity index (χ3n) is 6.31. The number of anilines is 1. The summed E-state index contributed by atoms with van der Waals surface area (Å²) >= 11 is 6.27. The number of aromatic nitrogens is 2. The SMILES string of the molecule is NCCOCCOCCOCCN1CCN(c2ccc(-c3nc(N=C(N)N)nc4ccc(Cl)cc34)cc2)CC1. The van der Waals surface area contributed by atoms with E-state index in [0.29, 0.717) is 56.7 Å². The smallest absolute Gasteiger partial charge is 0.253 e. The molecule has 1 fully saturated rings. The van der Waals surface area contributed by atoms with Crippen molar-refractivity contribution in [3.8, 4) is 11.3 Å². The topological polar surface area (TPSA) is 150 Å². The third kappa shape index (κ3) is 8.72. The molecule has 3 aromatic rings. The van der Waals surface area contributed by atoms with Gasteiger partial charge in [0.2, 0.25) is 0 Å². The van der Waals surface area contributed by atoms with Crippen molar-refractivity contribution in [3.63, 3.8) is 0 Å². The van der Waals surface area contributed by atoms with Crippen molar-refractivity contribution in [2.45, 2.75) is 0 Å². The number of benzene rings is 2. The number of rotatable bonds is 14. The molecule has 0 bridgehead atoms. The maximum atomic E-state index is 6.27.